The number of hydrogen-bond acceptors (Lipinski definition) is 3. The third-order valence-electron chi connectivity index (χ3n) is 6.04. The van der Waals surface area contributed by atoms with Crippen LogP contribution >= 0.6 is 0 Å². The summed E-state index contributed by atoms with van der Waals surface area (Å²) in [6.07, 6.45) is 1.83. The summed E-state index contributed by atoms with van der Waals surface area (Å²) in [5.41, 5.74) is 8.60. The van der Waals surface area contributed by atoms with Crippen LogP contribution in [0.25, 0.3) is 55.6 Å². The first-order chi connectivity index (χ1) is 16.2. The number of nitrogens with one attached hydrogen (secondary N) is 1. The summed E-state index contributed by atoms with van der Waals surface area (Å²) in [5.74, 6) is 0.839. The van der Waals surface area contributed by atoms with E-state index in [0.717, 1.165) is 44.2 Å². The molecule has 4 aromatic carbocycles. The quantitative estimate of drug-likeness (QED) is 0.211. The van der Waals surface area contributed by atoms with Crippen molar-refractivity contribution in [1.82, 2.24) is 15.0 Å². The van der Waals surface area contributed by atoms with Crippen LogP contribution in [-0.2, 0) is 21.1 Å². The minimum atomic E-state index is 0. The van der Waals surface area contributed by atoms with Crippen LogP contribution in [0, 0.1) is 13.0 Å². The Morgan fingerprint density at radius 2 is 1.47 bits per heavy atom. The van der Waals surface area contributed by atoms with Crippen LogP contribution in [0.15, 0.2) is 91.1 Å². The molecule has 0 aliphatic rings. The van der Waals surface area contributed by atoms with E-state index in [-0.39, 0.29) is 26.8 Å². The molecule has 0 amide bonds. The van der Waals surface area contributed by atoms with E-state index in [0.29, 0.717) is 11.4 Å². The summed E-state index contributed by atoms with van der Waals surface area (Å²) < 4.78 is 0. The number of benzene rings is 4. The maximum atomic E-state index is 10.3. The van der Waals surface area contributed by atoms with E-state index < -0.39 is 0 Å². The van der Waals surface area contributed by atoms with Gasteiger partial charge in [-0.15, -0.1) is 35.4 Å². The molecule has 5 heteroatoms. The maximum absolute atomic E-state index is 10.3. The first-order valence-electron chi connectivity index (χ1n) is 10.8. The molecule has 34 heavy (non-hydrogen) atoms. The van der Waals surface area contributed by atoms with Gasteiger partial charge in [-0.3, -0.25) is 4.98 Å². The third-order valence-corrected chi connectivity index (χ3v) is 6.04. The van der Waals surface area contributed by atoms with Crippen molar-refractivity contribution in [1.29, 1.82) is 0 Å². The van der Waals surface area contributed by atoms with Crippen LogP contribution in [0.1, 0.15) is 5.56 Å². The minimum Gasteiger partial charge on any atom is -0.507 e. The topological polar surface area (TPSA) is 61.8 Å². The van der Waals surface area contributed by atoms with E-state index in [9.17, 15) is 5.11 Å². The standard InChI is InChI=1S/C29H20N3O.Pt/c1-18-14-15-23(27-21(18)11-6-16-30-27)20-8-4-7-19(17-20)22-10-5-12-25-28(22)32-29(31-25)24-9-2-3-13-26(24)33;/h2-16,33H,1H3,(H,31,32);/q-1;. The summed E-state index contributed by atoms with van der Waals surface area (Å²) in [5, 5.41) is 11.4. The Kier molecular flexibility index (Phi) is 5.77. The number of rotatable bonds is 3. The van der Waals surface area contributed by atoms with Gasteiger partial charge in [0.05, 0.1) is 16.6 Å². The number of nitrogens with zero attached hydrogens (tertiary/aromatic N) is 2. The van der Waals surface area contributed by atoms with Gasteiger partial charge in [0.15, 0.2) is 0 Å². The zero-order chi connectivity index (χ0) is 22.4. The van der Waals surface area contributed by atoms with E-state index in [1.807, 2.05) is 42.6 Å². The molecule has 0 spiro atoms. The Bertz CT molecular complexity index is 1650. The van der Waals surface area contributed by atoms with Gasteiger partial charge in [0.25, 0.3) is 0 Å². The van der Waals surface area contributed by atoms with Crippen LogP contribution in [0.2, 0.25) is 0 Å². The molecule has 0 unspecified atom stereocenters. The number of phenolic OH excluding ortho intramolecular Hbond substituents is 1. The first-order valence-corrected chi connectivity index (χ1v) is 10.8. The zero-order valence-corrected chi connectivity index (χ0v) is 20.6. The van der Waals surface area contributed by atoms with Crippen LogP contribution in [0.4, 0.5) is 0 Å². The van der Waals surface area contributed by atoms with Crippen LogP contribution in [0.3, 0.4) is 0 Å². The van der Waals surface area contributed by atoms with Gasteiger partial charge >= 0.3 is 0 Å². The molecule has 0 atom stereocenters. The van der Waals surface area contributed by atoms with Crippen molar-refractivity contribution in [3.05, 3.63) is 103 Å². The molecule has 2 heterocycles. The minimum absolute atomic E-state index is 0. The van der Waals surface area contributed by atoms with Crippen molar-refractivity contribution in [3.8, 4) is 39.4 Å². The monoisotopic (exact) mass is 621 g/mol. The van der Waals surface area contributed by atoms with Gasteiger partial charge in [0.1, 0.15) is 11.6 Å². The first kappa shape index (κ1) is 22.1. The summed E-state index contributed by atoms with van der Waals surface area (Å²) >= 11 is 0. The Hall–Kier alpha value is -3.75. The molecule has 0 bridgehead atoms. The molecule has 6 aromatic rings. The normalized spacial score (nSPS) is 11.0. The summed E-state index contributed by atoms with van der Waals surface area (Å²) in [7, 11) is 0. The van der Waals surface area contributed by atoms with Gasteiger partial charge in [0, 0.05) is 32.8 Å². The van der Waals surface area contributed by atoms with Crippen LogP contribution in [-0.4, -0.2) is 20.1 Å². The number of imidazole rings is 1. The average molecular weight is 622 g/mol. The third kappa shape index (κ3) is 3.70. The van der Waals surface area contributed by atoms with Crippen molar-refractivity contribution < 1.29 is 26.2 Å². The van der Waals surface area contributed by atoms with Gasteiger partial charge in [-0.2, -0.15) is 0 Å². The number of phenols is 1. The van der Waals surface area contributed by atoms with E-state index in [1.165, 1.54) is 5.56 Å². The number of H-pyrrole nitrogens is 1. The molecule has 168 valence electrons. The molecule has 0 saturated carbocycles. The number of pyridine rings is 1. The van der Waals surface area contributed by atoms with Crippen LogP contribution < -0.4 is 0 Å². The Balaban J connectivity index is 0.00000241. The van der Waals surface area contributed by atoms with Gasteiger partial charge in [-0.05, 0) is 42.1 Å². The van der Waals surface area contributed by atoms with Crippen molar-refractivity contribution in [3.63, 3.8) is 0 Å². The van der Waals surface area contributed by atoms with Gasteiger partial charge < -0.3 is 10.1 Å². The van der Waals surface area contributed by atoms with E-state index >= 15 is 0 Å². The fourth-order valence-electron chi connectivity index (χ4n) is 4.37. The second-order valence-corrected chi connectivity index (χ2v) is 8.11. The summed E-state index contributed by atoms with van der Waals surface area (Å²) in [6, 6.07) is 31.4. The fourth-order valence-corrected chi connectivity index (χ4v) is 4.37. The van der Waals surface area contributed by atoms with E-state index in [4.69, 9.17) is 4.98 Å². The smallest absolute Gasteiger partial charge is 0.141 e. The number of aryl methyl sites for hydroxylation is 1. The second kappa shape index (κ2) is 8.89. The van der Waals surface area contributed by atoms with Gasteiger partial charge in [-0.25, -0.2) is 4.98 Å². The second-order valence-electron chi connectivity index (χ2n) is 8.11. The number of para-hydroxylation sites is 2. The summed E-state index contributed by atoms with van der Waals surface area (Å²) in [6.45, 7) is 2.11. The number of aromatic amines is 1. The Labute approximate surface area is 211 Å². The molecule has 0 fully saturated rings. The van der Waals surface area contributed by atoms with Gasteiger partial charge in [-0.1, -0.05) is 53.6 Å². The maximum Gasteiger partial charge on any atom is 0.141 e. The van der Waals surface area contributed by atoms with Crippen molar-refractivity contribution in [2.24, 2.45) is 0 Å². The molecule has 6 rings (SSSR count). The molecule has 0 aliphatic heterocycles. The number of aromatic nitrogens is 3. The van der Waals surface area contributed by atoms with Crippen LogP contribution in [0.5, 0.6) is 5.75 Å². The molecule has 4 nitrogen and oxygen atoms in total. The Morgan fingerprint density at radius 1 is 0.735 bits per heavy atom. The number of aromatic hydroxyl groups is 1. The van der Waals surface area contributed by atoms with Crippen molar-refractivity contribution in [2.45, 2.75) is 6.92 Å². The molecule has 2 aromatic heterocycles. The fraction of sp³-hybridized carbons (Fsp3) is 0.0345. The van der Waals surface area contributed by atoms with E-state index in [1.54, 1.807) is 12.1 Å². The predicted octanol–water partition coefficient (Wildman–Crippen LogP) is 6.92. The van der Waals surface area contributed by atoms with Gasteiger partial charge in [0.2, 0.25) is 0 Å². The SMILES string of the molecule is Cc1ccc(-c2[c-]c(-c3cccc4[nH]c(-c5ccccc5O)nc34)ccc2)c2ncccc12.[Pt]. The Morgan fingerprint density at radius 3 is 2.29 bits per heavy atom. The number of fused-ring (bicyclic) bond motifs is 2. The largest absolute Gasteiger partial charge is 0.507 e. The van der Waals surface area contributed by atoms with E-state index in [2.05, 4.69) is 59.4 Å². The molecule has 0 aliphatic carbocycles. The van der Waals surface area contributed by atoms with Crippen molar-refractivity contribution in [2.75, 3.05) is 0 Å². The average Bonchev–Trinajstić information content (AvgIpc) is 3.29. The predicted molar refractivity (Wildman–Crippen MR) is 133 cm³/mol. The molecular weight excluding hydrogens is 601 g/mol. The number of hydrogen-bond donors (Lipinski definition) is 2. The zero-order valence-electron chi connectivity index (χ0n) is 18.3. The molecule has 0 saturated heterocycles. The molecule has 2 N–H and O–H groups in total. The molecular formula is C29H20N3OPt-. The summed E-state index contributed by atoms with van der Waals surface area (Å²) in [4.78, 5) is 12.8. The van der Waals surface area contributed by atoms with Crippen molar-refractivity contribution >= 4 is 21.9 Å². The molecule has 0 radical (unpaired) electrons.